The molecular weight excluding hydrogens is 393 g/mol. The molecule has 0 bridgehead atoms. The molecule has 5 nitrogen and oxygen atoms in total. The minimum Gasteiger partial charge on any atom is -0.496 e. The van der Waals surface area contributed by atoms with Crippen LogP contribution in [0.5, 0.6) is 5.75 Å². The minimum atomic E-state index is -0.521. The summed E-state index contributed by atoms with van der Waals surface area (Å²) >= 11 is 4.93. The fraction of sp³-hybridized carbons (Fsp3) is 0.222. The quantitative estimate of drug-likeness (QED) is 0.256. The molecule has 0 spiro atoms. The van der Waals surface area contributed by atoms with Gasteiger partial charge in [0.25, 0.3) is 5.69 Å². The SMILES string of the molecule is COc1cc([N+](=O)[O-])cc(I)c1C(=O)CBr. The Bertz CT molecular complexity index is 449. The molecule has 0 atom stereocenters. The van der Waals surface area contributed by atoms with Crippen molar-refractivity contribution in [2.45, 2.75) is 0 Å². The first-order valence-electron chi connectivity index (χ1n) is 4.12. The molecule has 0 saturated carbocycles. The number of ketones is 1. The Morgan fingerprint density at radius 1 is 1.62 bits per heavy atom. The van der Waals surface area contributed by atoms with Crippen LogP contribution in [-0.2, 0) is 0 Å². The van der Waals surface area contributed by atoms with Crippen molar-refractivity contribution in [1.82, 2.24) is 0 Å². The first-order chi connectivity index (χ1) is 7.51. The van der Waals surface area contributed by atoms with Crippen molar-refractivity contribution < 1.29 is 14.5 Å². The number of hydrogen-bond donors (Lipinski definition) is 0. The van der Waals surface area contributed by atoms with Gasteiger partial charge < -0.3 is 4.74 Å². The highest BCUT2D eigenvalue weighted by molar-refractivity contribution is 14.1. The van der Waals surface area contributed by atoms with Crippen LogP contribution in [0.15, 0.2) is 12.1 Å². The van der Waals surface area contributed by atoms with E-state index in [2.05, 4.69) is 15.9 Å². The second kappa shape index (κ2) is 5.58. The number of carbonyl (C=O) groups is 1. The maximum atomic E-state index is 11.6. The molecule has 1 aromatic rings. The van der Waals surface area contributed by atoms with Gasteiger partial charge in [-0.15, -0.1) is 0 Å². The summed E-state index contributed by atoms with van der Waals surface area (Å²) in [5, 5.41) is 10.8. The summed E-state index contributed by atoms with van der Waals surface area (Å²) in [6, 6.07) is 2.59. The third kappa shape index (κ3) is 2.70. The molecule has 0 amide bonds. The lowest BCUT2D eigenvalue weighted by molar-refractivity contribution is -0.385. The van der Waals surface area contributed by atoms with Crippen LogP contribution < -0.4 is 4.74 Å². The monoisotopic (exact) mass is 399 g/mol. The zero-order chi connectivity index (χ0) is 12.3. The van der Waals surface area contributed by atoms with E-state index in [1.165, 1.54) is 19.2 Å². The van der Waals surface area contributed by atoms with E-state index in [-0.39, 0.29) is 22.6 Å². The van der Waals surface area contributed by atoms with Crippen molar-refractivity contribution in [2.75, 3.05) is 12.4 Å². The number of ether oxygens (including phenoxy) is 1. The van der Waals surface area contributed by atoms with Gasteiger partial charge in [-0.3, -0.25) is 14.9 Å². The first-order valence-corrected chi connectivity index (χ1v) is 6.32. The van der Waals surface area contributed by atoms with Crippen LogP contribution in [-0.4, -0.2) is 23.1 Å². The Hall–Kier alpha value is -0.700. The average molecular weight is 400 g/mol. The smallest absolute Gasteiger partial charge is 0.274 e. The molecule has 0 N–H and O–H groups in total. The van der Waals surface area contributed by atoms with Gasteiger partial charge in [0, 0.05) is 9.64 Å². The fourth-order valence-corrected chi connectivity index (χ4v) is 2.34. The highest BCUT2D eigenvalue weighted by Gasteiger charge is 2.20. The van der Waals surface area contributed by atoms with E-state index in [0.717, 1.165) is 0 Å². The predicted molar refractivity (Wildman–Crippen MR) is 70.5 cm³/mol. The van der Waals surface area contributed by atoms with Crippen molar-refractivity contribution in [3.63, 3.8) is 0 Å². The van der Waals surface area contributed by atoms with Crippen LogP contribution in [0.4, 0.5) is 5.69 Å². The number of rotatable bonds is 4. The second-order valence-electron chi connectivity index (χ2n) is 2.82. The predicted octanol–water partition coefficient (Wildman–Crippen LogP) is 2.79. The molecule has 0 aliphatic rings. The molecule has 0 unspecified atom stereocenters. The lowest BCUT2D eigenvalue weighted by atomic mass is 10.1. The van der Waals surface area contributed by atoms with Crippen LogP contribution >= 0.6 is 38.5 Å². The van der Waals surface area contributed by atoms with Gasteiger partial charge >= 0.3 is 0 Å². The Balaban J connectivity index is 3.40. The Morgan fingerprint density at radius 3 is 2.69 bits per heavy atom. The third-order valence-electron chi connectivity index (χ3n) is 1.87. The van der Waals surface area contributed by atoms with Gasteiger partial charge in [0.15, 0.2) is 5.78 Å². The Kier molecular flexibility index (Phi) is 4.66. The van der Waals surface area contributed by atoms with E-state index >= 15 is 0 Å². The number of carbonyl (C=O) groups excluding carboxylic acids is 1. The largest absolute Gasteiger partial charge is 0.496 e. The number of alkyl halides is 1. The lowest BCUT2D eigenvalue weighted by Crippen LogP contribution is -2.06. The molecule has 7 heteroatoms. The first kappa shape index (κ1) is 13.4. The third-order valence-corrected chi connectivity index (χ3v) is 3.23. The van der Waals surface area contributed by atoms with Gasteiger partial charge in [-0.1, -0.05) is 15.9 Å². The van der Waals surface area contributed by atoms with Gasteiger partial charge in [0.2, 0.25) is 0 Å². The summed E-state index contributed by atoms with van der Waals surface area (Å²) in [4.78, 5) is 21.7. The number of Topliss-reactive ketones (excluding diaryl/α,β-unsaturated/α-hetero) is 1. The molecule has 1 rings (SSSR count). The van der Waals surface area contributed by atoms with E-state index in [1.807, 2.05) is 22.6 Å². The Morgan fingerprint density at radius 2 is 2.25 bits per heavy atom. The fourth-order valence-electron chi connectivity index (χ4n) is 1.17. The number of halogens is 2. The summed E-state index contributed by atoms with van der Waals surface area (Å²) < 4.78 is 5.50. The van der Waals surface area contributed by atoms with E-state index < -0.39 is 4.92 Å². The Labute approximate surface area is 114 Å². The summed E-state index contributed by atoms with van der Waals surface area (Å²) in [7, 11) is 1.38. The molecule has 0 aliphatic carbocycles. The highest BCUT2D eigenvalue weighted by atomic mass is 127. The van der Waals surface area contributed by atoms with Crippen LogP contribution in [0.2, 0.25) is 0 Å². The van der Waals surface area contributed by atoms with Gasteiger partial charge in [0.1, 0.15) is 5.75 Å². The number of nitrogens with zero attached hydrogens (tertiary/aromatic N) is 1. The maximum absolute atomic E-state index is 11.6. The van der Waals surface area contributed by atoms with Gasteiger partial charge in [-0.2, -0.15) is 0 Å². The van der Waals surface area contributed by atoms with E-state index in [1.54, 1.807) is 0 Å². The number of hydrogen-bond acceptors (Lipinski definition) is 4. The standard InChI is InChI=1S/C9H7BrINO4/c1-16-8-3-5(12(14)15)2-6(11)9(8)7(13)4-10/h2-3H,4H2,1H3. The molecular formula is C9H7BrINO4. The van der Waals surface area contributed by atoms with Crippen molar-refractivity contribution in [1.29, 1.82) is 0 Å². The lowest BCUT2D eigenvalue weighted by Gasteiger charge is -2.08. The van der Waals surface area contributed by atoms with Crippen LogP contribution in [0.25, 0.3) is 0 Å². The molecule has 86 valence electrons. The molecule has 0 aliphatic heterocycles. The number of benzene rings is 1. The van der Waals surface area contributed by atoms with Crippen molar-refractivity contribution >= 4 is 50.0 Å². The molecule has 16 heavy (non-hydrogen) atoms. The van der Waals surface area contributed by atoms with Gasteiger partial charge in [-0.05, 0) is 22.6 Å². The molecule has 0 heterocycles. The normalized spacial score (nSPS) is 9.94. The van der Waals surface area contributed by atoms with Crippen LogP contribution in [0.1, 0.15) is 10.4 Å². The summed E-state index contributed by atoms with van der Waals surface area (Å²) in [5.41, 5.74) is 0.276. The van der Waals surface area contributed by atoms with Crippen molar-refractivity contribution in [2.24, 2.45) is 0 Å². The van der Waals surface area contributed by atoms with Crippen LogP contribution in [0.3, 0.4) is 0 Å². The zero-order valence-electron chi connectivity index (χ0n) is 8.20. The highest BCUT2D eigenvalue weighted by Crippen LogP contribution is 2.30. The van der Waals surface area contributed by atoms with Gasteiger partial charge in [-0.25, -0.2) is 0 Å². The number of nitro benzene ring substituents is 1. The number of nitro groups is 1. The minimum absolute atomic E-state index is 0.0904. The maximum Gasteiger partial charge on any atom is 0.274 e. The van der Waals surface area contributed by atoms with E-state index in [9.17, 15) is 14.9 Å². The van der Waals surface area contributed by atoms with Crippen LogP contribution in [0, 0.1) is 13.7 Å². The van der Waals surface area contributed by atoms with Crippen molar-refractivity contribution in [3.8, 4) is 5.75 Å². The number of methoxy groups -OCH3 is 1. The van der Waals surface area contributed by atoms with Crippen molar-refractivity contribution in [3.05, 3.63) is 31.4 Å². The molecule has 0 saturated heterocycles. The molecule has 0 radical (unpaired) electrons. The summed E-state index contributed by atoms with van der Waals surface area (Å²) in [6.45, 7) is 0. The summed E-state index contributed by atoms with van der Waals surface area (Å²) in [5.74, 6) is 0.0548. The van der Waals surface area contributed by atoms with Gasteiger partial charge in [0.05, 0.1) is 29.0 Å². The second-order valence-corrected chi connectivity index (χ2v) is 4.54. The van der Waals surface area contributed by atoms with E-state index in [0.29, 0.717) is 9.13 Å². The molecule has 1 aromatic carbocycles. The number of non-ortho nitro benzene ring substituents is 1. The zero-order valence-corrected chi connectivity index (χ0v) is 11.9. The topological polar surface area (TPSA) is 69.4 Å². The molecule has 0 fully saturated rings. The van der Waals surface area contributed by atoms with E-state index in [4.69, 9.17) is 4.74 Å². The summed E-state index contributed by atoms with van der Waals surface area (Å²) in [6.07, 6.45) is 0. The average Bonchev–Trinajstić information content (AvgIpc) is 2.26. The molecule has 0 aromatic heterocycles.